The molecule has 1 aliphatic rings. The maximum Gasteiger partial charge on any atom is 0.225 e. The van der Waals surface area contributed by atoms with Crippen molar-refractivity contribution in [3.05, 3.63) is 66.3 Å². The summed E-state index contributed by atoms with van der Waals surface area (Å²) in [5.74, 6) is 1.12. The summed E-state index contributed by atoms with van der Waals surface area (Å²) in [6.07, 6.45) is 2.43. The Morgan fingerprint density at radius 1 is 1.10 bits per heavy atom. The van der Waals surface area contributed by atoms with Gasteiger partial charge in [0, 0.05) is 25.9 Å². The summed E-state index contributed by atoms with van der Waals surface area (Å²) in [4.78, 5) is 18.7. The molecule has 6 nitrogen and oxygen atoms in total. The maximum atomic E-state index is 13.8. The van der Waals surface area contributed by atoms with Gasteiger partial charge in [-0.1, -0.05) is 12.1 Å². The zero-order chi connectivity index (χ0) is 20.1. The Morgan fingerprint density at radius 2 is 1.93 bits per heavy atom. The van der Waals surface area contributed by atoms with E-state index >= 15 is 0 Å². The van der Waals surface area contributed by atoms with Crippen molar-refractivity contribution in [1.29, 1.82) is 0 Å². The summed E-state index contributed by atoms with van der Waals surface area (Å²) in [7, 11) is 0. The minimum atomic E-state index is -0.335. The van der Waals surface area contributed by atoms with Crippen LogP contribution in [0.3, 0.4) is 0 Å². The number of aryl methyl sites for hydroxylation is 1. The van der Waals surface area contributed by atoms with E-state index in [2.05, 4.69) is 15.2 Å². The number of furan rings is 1. The lowest BCUT2D eigenvalue weighted by Gasteiger charge is -2.28. The van der Waals surface area contributed by atoms with Crippen molar-refractivity contribution >= 4 is 17.4 Å². The van der Waals surface area contributed by atoms with Crippen LogP contribution in [0.2, 0.25) is 0 Å². The summed E-state index contributed by atoms with van der Waals surface area (Å²) in [6, 6.07) is 13.7. The summed E-state index contributed by atoms with van der Waals surface area (Å²) in [5, 5.41) is 2.79. The largest absolute Gasteiger partial charge is 0.461 e. The molecular weight excluding hydrogens is 373 g/mol. The van der Waals surface area contributed by atoms with Gasteiger partial charge in [0.05, 0.1) is 30.7 Å². The van der Waals surface area contributed by atoms with E-state index in [0.717, 1.165) is 18.8 Å². The first kappa shape index (κ1) is 19.1. The summed E-state index contributed by atoms with van der Waals surface area (Å²) >= 11 is 0. The number of nitrogens with zero attached hydrogens (tertiary/aromatic N) is 2. The molecule has 2 aromatic heterocycles. The molecular formula is C22H22FN3O3. The molecule has 0 bridgehead atoms. The molecule has 0 aliphatic carbocycles. The van der Waals surface area contributed by atoms with Crippen molar-refractivity contribution in [2.75, 3.05) is 36.5 Å². The normalized spacial score (nSPS) is 14.0. The van der Waals surface area contributed by atoms with E-state index in [1.807, 2.05) is 6.07 Å². The molecule has 0 unspecified atom stereocenters. The van der Waals surface area contributed by atoms with Gasteiger partial charge in [-0.2, -0.15) is 0 Å². The van der Waals surface area contributed by atoms with Crippen molar-refractivity contribution in [3.63, 3.8) is 0 Å². The van der Waals surface area contributed by atoms with Crippen LogP contribution >= 0.6 is 0 Å². The van der Waals surface area contributed by atoms with Crippen LogP contribution in [-0.4, -0.2) is 37.2 Å². The smallest absolute Gasteiger partial charge is 0.225 e. The molecule has 150 valence electrons. The van der Waals surface area contributed by atoms with Gasteiger partial charge in [0.25, 0.3) is 0 Å². The number of pyridine rings is 1. The quantitative estimate of drug-likeness (QED) is 0.686. The van der Waals surface area contributed by atoms with Gasteiger partial charge in [-0.25, -0.2) is 9.37 Å². The van der Waals surface area contributed by atoms with Gasteiger partial charge in [-0.15, -0.1) is 0 Å². The highest BCUT2D eigenvalue weighted by atomic mass is 19.1. The van der Waals surface area contributed by atoms with Crippen LogP contribution in [0.4, 0.5) is 15.9 Å². The maximum absolute atomic E-state index is 13.8. The minimum absolute atomic E-state index is 0.152. The number of anilines is 2. The highest BCUT2D eigenvalue weighted by Crippen LogP contribution is 2.25. The Bertz CT molecular complexity index is 965. The monoisotopic (exact) mass is 395 g/mol. The van der Waals surface area contributed by atoms with Crippen LogP contribution in [-0.2, 0) is 16.0 Å². The average Bonchev–Trinajstić information content (AvgIpc) is 3.23. The Hall–Kier alpha value is -3.19. The van der Waals surface area contributed by atoms with E-state index in [1.54, 1.807) is 42.6 Å². The van der Waals surface area contributed by atoms with E-state index in [4.69, 9.17) is 9.15 Å². The third kappa shape index (κ3) is 4.81. The number of nitrogens with one attached hydrogen (secondary N) is 1. The number of carbonyl (C=O) groups is 1. The number of rotatable bonds is 6. The van der Waals surface area contributed by atoms with Crippen LogP contribution in [0.1, 0.15) is 12.2 Å². The first-order chi connectivity index (χ1) is 14.2. The lowest BCUT2D eigenvalue weighted by atomic mass is 10.1. The molecule has 0 spiro atoms. The van der Waals surface area contributed by atoms with Crippen molar-refractivity contribution < 1.29 is 18.3 Å². The molecule has 29 heavy (non-hydrogen) atoms. The van der Waals surface area contributed by atoms with Gasteiger partial charge in [0.1, 0.15) is 23.2 Å². The SMILES string of the molecule is O=C(CCc1ccc(-c2ccccc2F)o1)Nc1ccc(N2CCOCC2)cn1. The second-order valence-electron chi connectivity index (χ2n) is 6.80. The average molecular weight is 395 g/mol. The molecule has 0 atom stereocenters. The standard InChI is InChI=1S/C22H22FN3O3/c23-19-4-2-1-3-18(19)20-8-6-17(29-20)7-10-22(27)25-21-9-5-16(15-24-21)26-11-13-28-14-12-26/h1-6,8-9,15H,7,10-14H2,(H,24,25,27). The number of amides is 1. The fourth-order valence-corrected chi connectivity index (χ4v) is 3.23. The summed E-state index contributed by atoms with van der Waals surface area (Å²) in [5.41, 5.74) is 1.43. The van der Waals surface area contributed by atoms with Gasteiger partial charge in [0.2, 0.25) is 5.91 Å². The number of halogens is 1. The predicted molar refractivity (Wildman–Crippen MR) is 108 cm³/mol. The van der Waals surface area contributed by atoms with Crippen LogP contribution < -0.4 is 10.2 Å². The van der Waals surface area contributed by atoms with Crippen molar-refractivity contribution in [2.45, 2.75) is 12.8 Å². The van der Waals surface area contributed by atoms with Crippen molar-refractivity contribution in [2.24, 2.45) is 0 Å². The number of ether oxygens (including phenoxy) is 1. The topological polar surface area (TPSA) is 67.6 Å². The predicted octanol–water partition coefficient (Wildman–Crippen LogP) is 3.89. The molecule has 7 heteroatoms. The van der Waals surface area contributed by atoms with Gasteiger partial charge in [0.15, 0.2) is 0 Å². The third-order valence-corrected chi connectivity index (χ3v) is 4.79. The lowest BCUT2D eigenvalue weighted by Crippen LogP contribution is -2.36. The van der Waals surface area contributed by atoms with Crippen LogP contribution in [0.15, 0.2) is 59.1 Å². The Kier molecular flexibility index (Phi) is 5.86. The van der Waals surface area contributed by atoms with E-state index in [1.165, 1.54) is 6.07 Å². The number of carbonyl (C=O) groups excluding carboxylic acids is 1. The lowest BCUT2D eigenvalue weighted by molar-refractivity contribution is -0.116. The van der Waals surface area contributed by atoms with Crippen LogP contribution in [0, 0.1) is 5.82 Å². The molecule has 0 radical (unpaired) electrons. The Labute approximate surface area is 168 Å². The number of morpholine rings is 1. The molecule has 3 aromatic rings. The summed E-state index contributed by atoms with van der Waals surface area (Å²) in [6.45, 7) is 3.10. The molecule has 1 N–H and O–H groups in total. The van der Waals surface area contributed by atoms with Crippen molar-refractivity contribution in [3.8, 4) is 11.3 Å². The second-order valence-corrected chi connectivity index (χ2v) is 6.80. The molecule has 1 amide bonds. The van der Waals surface area contributed by atoms with E-state index in [0.29, 0.717) is 42.5 Å². The number of aromatic nitrogens is 1. The highest BCUT2D eigenvalue weighted by Gasteiger charge is 2.13. The van der Waals surface area contributed by atoms with Crippen molar-refractivity contribution in [1.82, 2.24) is 4.98 Å². The minimum Gasteiger partial charge on any atom is -0.461 e. The molecule has 4 rings (SSSR count). The van der Waals surface area contributed by atoms with E-state index in [9.17, 15) is 9.18 Å². The van der Waals surface area contributed by atoms with Crippen LogP contribution in [0.5, 0.6) is 0 Å². The van der Waals surface area contributed by atoms with Gasteiger partial charge in [-0.3, -0.25) is 4.79 Å². The molecule has 0 saturated carbocycles. The van der Waals surface area contributed by atoms with E-state index in [-0.39, 0.29) is 18.1 Å². The molecule has 3 heterocycles. The third-order valence-electron chi connectivity index (χ3n) is 4.79. The summed E-state index contributed by atoms with van der Waals surface area (Å²) < 4.78 is 24.9. The molecule has 1 aromatic carbocycles. The van der Waals surface area contributed by atoms with Gasteiger partial charge >= 0.3 is 0 Å². The molecule has 1 fully saturated rings. The highest BCUT2D eigenvalue weighted by molar-refractivity contribution is 5.89. The second kappa shape index (κ2) is 8.87. The van der Waals surface area contributed by atoms with Gasteiger partial charge in [-0.05, 0) is 36.4 Å². The fourth-order valence-electron chi connectivity index (χ4n) is 3.23. The van der Waals surface area contributed by atoms with Crippen LogP contribution in [0.25, 0.3) is 11.3 Å². The molecule has 1 saturated heterocycles. The zero-order valence-corrected chi connectivity index (χ0v) is 15.9. The Morgan fingerprint density at radius 3 is 2.69 bits per heavy atom. The first-order valence-corrected chi connectivity index (χ1v) is 9.61. The first-order valence-electron chi connectivity index (χ1n) is 9.61. The van der Waals surface area contributed by atoms with Gasteiger partial charge < -0.3 is 19.4 Å². The zero-order valence-electron chi connectivity index (χ0n) is 15.9. The number of hydrogen-bond donors (Lipinski definition) is 1. The fraction of sp³-hybridized carbons (Fsp3) is 0.273. The molecule has 1 aliphatic heterocycles. The van der Waals surface area contributed by atoms with E-state index < -0.39 is 0 Å². The number of hydrogen-bond acceptors (Lipinski definition) is 5. The Balaban J connectivity index is 1.30. The number of benzene rings is 1.